The SMILES string of the molecule is COc1cccc(C(NC(=O)NCc2cccc(OCC#N)c2)c2nccn2C)c1. The first-order chi connectivity index (χ1) is 14.6. The molecule has 8 heteroatoms. The van der Waals surface area contributed by atoms with Crippen LogP contribution in [0.1, 0.15) is 23.0 Å². The van der Waals surface area contributed by atoms with Crippen molar-refractivity contribution in [2.75, 3.05) is 13.7 Å². The zero-order valence-electron chi connectivity index (χ0n) is 16.8. The van der Waals surface area contributed by atoms with Gasteiger partial charge in [-0.15, -0.1) is 0 Å². The number of nitrogens with zero attached hydrogens (tertiary/aromatic N) is 3. The van der Waals surface area contributed by atoms with Crippen LogP contribution in [0.4, 0.5) is 4.79 Å². The summed E-state index contributed by atoms with van der Waals surface area (Å²) in [5.74, 6) is 1.98. The minimum Gasteiger partial charge on any atom is -0.497 e. The number of carbonyl (C=O) groups is 1. The van der Waals surface area contributed by atoms with Gasteiger partial charge in [-0.3, -0.25) is 0 Å². The molecule has 0 saturated heterocycles. The van der Waals surface area contributed by atoms with E-state index in [0.29, 0.717) is 23.9 Å². The molecule has 8 nitrogen and oxygen atoms in total. The van der Waals surface area contributed by atoms with E-state index in [1.807, 2.05) is 60.3 Å². The maximum Gasteiger partial charge on any atom is 0.315 e. The maximum atomic E-state index is 12.7. The van der Waals surface area contributed by atoms with Crippen molar-refractivity contribution >= 4 is 6.03 Å². The van der Waals surface area contributed by atoms with Crippen molar-refractivity contribution in [1.29, 1.82) is 5.26 Å². The van der Waals surface area contributed by atoms with Gasteiger partial charge < -0.3 is 24.7 Å². The predicted octanol–water partition coefficient (Wildman–Crippen LogP) is 2.92. The summed E-state index contributed by atoms with van der Waals surface area (Å²) in [4.78, 5) is 17.0. The Kier molecular flexibility index (Phi) is 6.90. The molecule has 0 aliphatic heterocycles. The van der Waals surface area contributed by atoms with E-state index >= 15 is 0 Å². The van der Waals surface area contributed by atoms with E-state index in [4.69, 9.17) is 14.7 Å². The van der Waals surface area contributed by atoms with E-state index in [9.17, 15) is 4.79 Å². The monoisotopic (exact) mass is 405 g/mol. The number of amides is 2. The van der Waals surface area contributed by atoms with E-state index in [1.54, 1.807) is 25.4 Å². The molecule has 1 aromatic heterocycles. The number of rotatable bonds is 8. The van der Waals surface area contributed by atoms with Gasteiger partial charge in [0.1, 0.15) is 29.4 Å². The molecule has 2 amide bonds. The summed E-state index contributed by atoms with van der Waals surface area (Å²) in [5.41, 5.74) is 1.71. The molecule has 30 heavy (non-hydrogen) atoms. The van der Waals surface area contributed by atoms with Crippen LogP contribution in [0.5, 0.6) is 11.5 Å². The highest BCUT2D eigenvalue weighted by molar-refractivity contribution is 5.75. The minimum atomic E-state index is -0.453. The van der Waals surface area contributed by atoms with Gasteiger partial charge in [-0.05, 0) is 35.4 Å². The van der Waals surface area contributed by atoms with Crippen molar-refractivity contribution in [3.63, 3.8) is 0 Å². The van der Waals surface area contributed by atoms with Crippen LogP contribution in [-0.4, -0.2) is 29.3 Å². The highest BCUT2D eigenvalue weighted by Crippen LogP contribution is 2.24. The molecule has 3 rings (SSSR count). The van der Waals surface area contributed by atoms with Gasteiger partial charge in [0.15, 0.2) is 6.61 Å². The number of hydrogen-bond acceptors (Lipinski definition) is 5. The van der Waals surface area contributed by atoms with Gasteiger partial charge in [0.05, 0.1) is 7.11 Å². The van der Waals surface area contributed by atoms with Crippen molar-refractivity contribution in [1.82, 2.24) is 20.2 Å². The molecule has 0 aliphatic rings. The topological polar surface area (TPSA) is 101 Å². The number of nitriles is 1. The molecule has 1 heterocycles. The van der Waals surface area contributed by atoms with Crippen molar-refractivity contribution in [2.24, 2.45) is 7.05 Å². The molecule has 1 atom stereocenters. The molecule has 0 radical (unpaired) electrons. The zero-order chi connectivity index (χ0) is 21.3. The summed E-state index contributed by atoms with van der Waals surface area (Å²) in [6.45, 7) is 0.282. The van der Waals surface area contributed by atoms with Crippen molar-refractivity contribution in [3.05, 3.63) is 77.9 Å². The summed E-state index contributed by atoms with van der Waals surface area (Å²) in [7, 11) is 3.48. The van der Waals surface area contributed by atoms with Gasteiger partial charge in [-0.25, -0.2) is 9.78 Å². The average Bonchev–Trinajstić information content (AvgIpc) is 3.20. The van der Waals surface area contributed by atoms with Gasteiger partial charge in [0.2, 0.25) is 0 Å². The van der Waals surface area contributed by atoms with Gasteiger partial charge >= 0.3 is 6.03 Å². The number of aryl methyl sites for hydroxylation is 1. The van der Waals surface area contributed by atoms with Gasteiger partial charge in [-0.2, -0.15) is 5.26 Å². The summed E-state index contributed by atoms with van der Waals surface area (Å²) < 4.78 is 12.5. The van der Waals surface area contributed by atoms with Crippen LogP contribution in [0.25, 0.3) is 0 Å². The summed E-state index contributed by atoms with van der Waals surface area (Å²) in [5, 5.41) is 14.5. The highest BCUT2D eigenvalue weighted by atomic mass is 16.5. The van der Waals surface area contributed by atoms with E-state index in [1.165, 1.54) is 0 Å². The van der Waals surface area contributed by atoms with E-state index < -0.39 is 6.04 Å². The summed E-state index contributed by atoms with van der Waals surface area (Å²) in [6.07, 6.45) is 3.52. The van der Waals surface area contributed by atoms with E-state index in [0.717, 1.165) is 11.1 Å². The fraction of sp³-hybridized carbons (Fsp3) is 0.227. The maximum absolute atomic E-state index is 12.7. The molecule has 154 valence electrons. The van der Waals surface area contributed by atoms with Crippen molar-refractivity contribution < 1.29 is 14.3 Å². The number of urea groups is 1. The van der Waals surface area contributed by atoms with Crippen LogP contribution in [0, 0.1) is 11.3 Å². The van der Waals surface area contributed by atoms with E-state index in [-0.39, 0.29) is 12.6 Å². The van der Waals surface area contributed by atoms with E-state index in [2.05, 4.69) is 15.6 Å². The number of hydrogen-bond donors (Lipinski definition) is 2. The number of benzene rings is 2. The van der Waals surface area contributed by atoms with Crippen LogP contribution in [0.2, 0.25) is 0 Å². The molecule has 3 aromatic rings. The lowest BCUT2D eigenvalue weighted by Gasteiger charge is -2.20. The van der Waals surface area contributed by atoms with Crippen LogP contribution >= 0.6 is 0 Å². The molecule has 0 aliphatic carbocycles. The first kappa shape index (κ1) is 20.7. The van der Waals surface area contributed by atoms with Crippen LogP contribution < -0.4 is 20.1 Å². The largest absolute Gasteiger partial charge is 0.497 e. The van der Waals surface area contributed by atoms with Crippen LogP contribution in [0.15, 0.2) is 60.9 Å². The first-order valence-corrected chi connectivity index (χ1v) is 9.35. The Morgan fingerprint density at radius 1 is 1.23 bits per heavy atom. The third-order valence-electron chi connectivity index (χ3n) is 4.47. The summed E-state index contributed by atoms with van der Waals surface area (Å²) >= 11 is 0. The van der Waals surface area contributed by atoms with Crippen LogP contribution in [-0.2, 0) is 13.6 Å². The molecule has 0 fully saturated rings. The smallest absolute Gasteiger partial charge is 0.315 e. The quantitative estimate of drug-likeness (QED) is 0.600. The van der Waals surface area contributed by atoms with Gasteiger partial charge in [0.25, 0.3) is 0 Å². The molecule has 1 unspecified atom stereocenters. The molecular formula is C22H23N5O3. The second kappa shape index (κ2) is 9.98. The lowest BCUT2D eigenvalue weighted by atomic mass is 10.1. The molecular weight excluding hydrogens is 382 g/mol. The lowest BCUT2D eigenvalue weighted by molar-refractivity contribution is 0.237. The molecule has 2 aromatic carbocycles. The first-order valence-electron chi connectivity index (χ1n) is 9.35. The Bertz CT molecular complexity index is 1040. The Labute approximate surface area is 175 Å². The zero-order valence-corrected chi connectivity index (χ0v) is 16.8. The predicted molar refractivity (Wildman–Crippen MR) is 111 cm³/mol. The fourth-order valence-electron chi connectivity index (χ4n) is 3.00. The lowest BCUT2D eigenvalue weighted by Crippen LogP contribution is -2.38. The Morgan fingerprint density at radius 2 is 2.03 bits per heavy atom. The Hall–Kier alpha value is -3.99. The number of carbonyl (C=O) groups excluding carboxylic acids is 1. The molecule has 0 bridgehead atoms. The third kappa shape index (κ3) is 5.29. The normalized spacial score (nSPS) is 11.2. The fourth-order valence-corrected chi connectivity index (χ4v) is 3.00. The number of aromatic nitrogens is 2. The Balaban J connectivity index is 1.71. The van der Waals surface area contributed by atoms with Crippen LogP contribution in [0.3, 0.4) is 0 Å². The van der Waals surface area contributed by atoms with Gasteiger partial charge in [0, 0.05) is 26.0 Å². The van der Waals surface area contributed by atoms with Crippen molar-refractivity contribution in [2.45, 2.75) is 12.6 Å². The second-order valence-electron chi connectivity index (χ2n) is 6.53. The number of imidazole rings is 1. The molecule has 0 spiro atoms. The molecule has 2 N–H and O–H groups in total. The second-order valence-corrected chi connectivity index (χ2v) is 6.53. The Morgan fingerprint density at radius 3 is 2.77 bits per heavy atom. The average molecular weight is 405 g/mol. The number of ether oxygens (including phenoxy) is 2. The molecule has 0 saturated carbocycles. The van der Waals surface area contributed by atoms with Crippen molar-refractivity contribution in [3.8, 4) is 17.6 Å². The highest BCUT2D eigenvalue weighted by Gasteiger charge is 2.21. The number of methoxy groups -OCH3 is 1. The minimum absolute atomic E-state index is 0.0246. The third-order valence-corrected chi connectivity index (χ3v) is 4.47. The standard InChI is InChI=1S/C22H23N5O3/c1-27-11-10-24-21(27)20(17-6-4-7-18(14-17)29-2)26-22(28)25-15-16-5-3-8-19(13-16)30-12-9-23/h3-8,10-11,13-14,20H,12,15H2,1-2H3,(H2,25,26,28). The number of nitrogens with one attached hydrogen (secondary N) is 2. The van der Waals surface area contributed by atoms with Gasteiger partial charge in [-0.1, -0.05) is 24.3 Å². The summed E-state index contributed by atoms with van der Waals surface area (Å²) in [6, 6.07) is 15.9.